The molecule has 0 saturated carbocycles. The van der Waals surface area contributed by atoms with Gasteiger partial charge in [0, 0.05) is 37.6 Å². The Hall–Kier alpha value is -4.51. The Morgan fingerprint density at radius 2 is 1.40 bits per heavy atom. The molecule has 1 fully saturated rings. The molecule has 0 spiro atoms. The number of hydrogen-bond donors (Lipinski definition) is 1. The van der Waals surface area contributed by atoms with Gasteiger partial charge in [-0.3, -0.25) is 0 Å². The molecule has 9 nitrogen and oxygen atoms in total. The summed E-state index contributed by atoms with van der Waals surface area (Å²) in [6.07, 6.45) is 1.93. The van der Waals surface area contributed by atoms with Gasteiger partial charge in [0.2, 0.25) is 0 Å². The molecule has 50 heavy (non-hydrogen) atoms. The van der Waals surface area contributed by atoms with E-state index in [9.17, 15) is 18.0 Å². The smallest absolute Gasteiger partial charge is 0.410 e. The zero-order valence-corrected chi connectivity index (χ0v) is 29.5. The first-order chi connectivity index (χ1) is 24.3. The first-order valence-electron chi connectivity index (χ1n) is 17.3. The lowest BCUT2D eigenvalue weighted by Crippen LogP contribution is -2.49. The molecular weight excluding hydrogens is 651 g/mol. The fourth-order valence-electron chi connectivity index (χ4n) is 6.50. The molecule has 1 atom stereocenters. The number of rotatable bonds is 16. The maximum Gasteiger partial charge on any atom is 0.410 e. The molecular formula is C40H47N3O6S. The van der Waals surface area contributed by atoms with Crippen LogP contribution in [-0.2, 0) is 31.3 Å². The maximum absolute atomic E-state index is 13.2. The highest BCUT2D eigenvalue weighted by Gasteiger charge is 2.36. The number of carbonyl (C=O) groups excluding carboxylic acids is 2. The van der Waals surface area contributed by atoms with E-state index in [0.717, 1.165) is 37.1 Å². The van der Waals surface area contributed by atoms with Crippen molar-refractivity contribution in [1.29, 1.82) is 0 Å². The van der Waals surface area contributed by atoms with Gasteiger partial charge in [0.15, 0.2) is 9.84 Å². The molecule has 1 aliphatic rings. The maximum atomic E-state index is 13.2. The van der Waals surface area contributed by atoms with Crippen LogP contribution >= 0.6 is 0 Å². The molecule has 1 amide bonds. The first kappa shape index (κ1) is 36.8. The molecule has 1 heterocycles. The van der Waals surface area contributed by atoms with Gasteiger partial charge >= 0.3 is 12.1 Å². The number of likely N-dealkylation sites (tertiary alicyclic amines) is 1. The van der Waals surface area contributed by atoms with E-state index in [4.69, 9.17) is 9.47 Å². The van der Waals surface area contributed by atoms with E-state index in [0.29, 0.717) is 25.1 Å². The number of sulfone groups is 1. The van der Waals surface area contributed by atoms with Gasteiger partial charge in [-0.1, -0.05) is 97.1 Å². The molecule has 264 valence electrons. The van der Waals surface area contributed by atoms with Crippen LogP contribution in [0.1, 0.15) is 47.7 Å². The van der Waals surface area contributed by atoms with Crippen LogP contribution in [0.4, 0.5) is 4.79 Å². The summed E-state index contributed by atoms with van der Waals surface area (Å²) in [6, 6.07) is 36.9. The number of benzene rings is 4. The summed E-state index contributed by atoms with van der Waals surface area (Å²) in [5, 5.41) is 3.22. The molecule has 1 aliphatic heterocycles. The van der Waals surface area contributed by atoms with Crippen molar-refractivity contribution >= 4 is 21.9 Å². The highest BCUT2D eigenvalue weighted by atomic mass is 32.2. The molecule has 1 N–H and O–H groups in total. The Morgan fingerprint density at radius 3 is 2.02 bits per heavy atom. The van der Waals surface area contributed by atoms with Crippen molar-refractivity contribution in [2.75, 3.05) is 45.2 Å². The standard InChI is InChI=1S/C40H47N3O6S/c1-2-43(39(45)48-29-33-15-7-3-8-16-33)36-23-26-42(27-24-36)28-25-40(35-19-11-5-12-20-35,31-49-38(44)34-17-9-4-10-18-34)30-41-32-50(46,47)37-21-13-6-14-22-37/h3-22,36,41H,2,23-32H2,1H3. The van der Waals surface area contributed by atoms with E-state index >= 15 is 0 Å². The van der Waals surface area contributed by atoms with Crippen LogP contribution in [0.5, 0.6) is 0 Å². The van der Waals surface area contributed by atoms with Crippen LogP contribution in [0.3, 0.4) is 0 Å². The number of piperidine rings is 1. The lowest BCUT2D eigenvalue weighted by atomic mass is 9.77. The van der Waals surface area contributed by atoms with Crippen LogP contribution in [-0.4, -0.2) is 81.5 Å². The third-order valence-corrected chi connectivity index (χ3v) is 11.0. The number of ether oxygens (including phenoxy) is 2. The van der Waals surface area contributed by atoms with Crippen molar-refractivity contribution in [2.24, 2.45) is 0 Å². The number of carbonyl (C=O) groups is 2. The number of amides is 1. The molecule has 1 saturated heterocycles. The summed E-state index contributed by atoms with van der Waals surface area (Å²) in [5.41, 5.74) is 1.65. The Bertz CT molecular complexity index is 1740. The van der Waals surface area contributed by atoms with Crippen molar-refractivity contribution in [3.8, 4) is 0 Å². The van der Waals surface area contributed by atoms with Gasteiger partial charge in [0.05, 0.1) is 10.5 Å². The van der Waals surface area contributed by atoms with Gasteiger partial charge in [-0.05, 0) is 68.1 Å². The quantitative estimate of drug-likeness (QED) is 0.136. The summed E-state index contributed by atoms with van der Waals surface area (Å²) < 4.78 is 38.0. The lowest BCUT2D eigenvalue weighted by molar-refractivity contribution is 0.0357. The van der Waals surface area contributed by atoms with Crippen LogP contribution in [0.25, 0.3) is 0 Å². The van der Waals surface area contributed by atoms with Gasteiger partial charge < -0.3 is 24.6 Å². The fourth-order valence-corrected chi connectivity index (χ4v) is 7.60. The second kappa shape index (κ2) is 17.9. The Kier molecular flexibility index (Phi) is 13.2. The summed E-state index contributed by atoms with van der Waals surface area (Å²) >= 11 is 0. The second-order valence-corrected chi connectivity index (χ2v) is 14.7. The van der Waals surface area contributed by atoms with E-state index in [2.05, 4.69) is 10.2 Å². The van der Waals surface area contributed by atoms with E-state index in [1.165, 1.54) is 0 Å². The molecule has 0 aromatic heterocycles. The van der Waals surface area contributed by atoms with Crippen molar-refractivity contribution in [2.45, 2.75) is 49.1 Å². The molecule has 4 aromatic carbocycles. The molecule has 1 unspecified atom stereocenters. The van der Waals surface area contributed by atoms with Gasteiger partial charge in [-0.15, -0.1) is 0 Å². The number of nitrogens with zero attached hydrogens (tertiary/aromatic N) is 2. The van der Waals surface area contributed by atoms with Gasteiger partial charge in [0.1, 0.15) is 19.1 Å². The topological polar surface area (TPSA) is 105 Å². The SMILES string of the molecule is CCN(C(=O)OCc1ccccc1)C1CCN(CCC(CNCS(=O)(=O)c2ccccc2)(COC(=O)c2ccccc2)c2ccccc2)CC1. The van der Waals surface area contributed by atoms with E-state index in [1.54, 1.807) is 54.6 Å². The van der Waals surface area contributed by atoms with E-state index < -0.39 is 21.2 Å². The molecule has 0 radical (unpaired) electrons. The van der Waals surface area contributed by atoms with Crippen molar-refractivity contribution in [1.82, 2.24) is 15.1 Å². The molecule has 5 rings (SSSR count). The summed E-state index contributed by atoms with van der Waals surface area (Å²) in [4.78, 5) is 30.6. The molecule has 0 bridgehead atoms. The van der Waals surface area contributed by atoms with Crippen molar-refractivity contribution < 1.29 is 27.5 Å². The normalized spacial score (nSPS) is 15.1. The van der Waals surface area contributed by atoms with Crippen LogP contribution in [0, 0.1) is 0 Å². The highest BCUT2D eigenvalue weighted by molar-refractivity contribution is 7.91. The minimum absolute atomic E-state index is 0.0659. The minimum Gasteiger partial charge on any atom is -0.461 e. The van der Waals surface area contributed by atoms with Gasteiger partial charge in [-0.2, -0.15) is 0 Å². The zero-order valence-electron chi connectivity index (χ0n) is 28.7. The first-order valence-corrected chi connectivity index (χ1v) is 18.9. The third-order valence-electron chi connectivity index (χ3n) is 9.42. The summed E-state index contributed by atoms with van der Waals surface area (Å²) in [6.45, 7) is 5.41. The fraction of sp³-hybridized carbons (Fsp3) is 0.350. The van der Waals surface area contributed by atoms with Crippen LogP contribution in [0.2, 0.25) is 0 Å². The van der Waals surface area contributed by atoms with Crippen molar-refractivity contribution in [3.05, 3.63) is 138 Å². The predicted molar refractivity (Wildman–Crippen MR) is 194 cm³/mol. The van der Waals surface area contributed by atoms with Crippen LogP contribution in [0.15, 0.2) is 126 Å². The van der Waals surface area contributed by atoms with Gasteiger partial charge in [0.25, 0.3) is 0 Å². The van der Waals surface area contributed by atoms with Crippen LogP contribution < -0.4 is 5.32 Å². The Labute approximate surface area is 296 Å². The Morgan fingerprint density at radius 1 is 0.820 bits per heavy atom. The summed E-state index contributed by atoms with van der Waals surface area (Å²) in [5.74, 6) is -0.681. The van der Waals surface area contributed by atoms with E-state index in [1.807, 2.05) is 78.6 Å². The number of hydrogen-bond acceptors (Lipinski definition) is 8. The third kappa shape index (κ3) is 10.0. The zero-order chi connectivity index (χ0) is 35.2. The van der Waals surface area contributed by atoms with E-state index in [-0.39, 0.29) is 42.7 Å². The largest absolute Gasteiger partial charge is 0.461 e. The molecule has 10 heteroatoms. The Balaban J connectivity index is 1.27. The average Bonchev–Trinajstić information content (AvgIpc) is 3.17. The number of nitrogens with one attached hydrogen (secondary N) is 1. The summed E-state index contributed by atoms with van der Waals surface area (Å²) in [7, 11) is -3.59. The van der Waals surface area contributed by atoms with Gasteiger partial charge in [-0.25, -0.2) is 18.0 Å². The molecule has 4 aromatic rings. The predicted octanol–water partition coefficient (Wildman–Crippen LogP) is 6.32. The molecule has 0 aliphatic carbocycles. The average molecular weight is 698 g/mol. The number of esters is 1. The van der Waals surface area contributed by atoms with Crippen molar-refractivity contribution in [3.63, 3.8) is 0 Å². The highest BCUT2D eigenvalue weighted by Crippen LogP contribution is 2.30. The monoisotopic (exact) mass is 697 g/mol. The lowest BCUT2D eigenvalue weighted by Gasteiger charge is -2.40. The minimum atomic E-state index is -3.59. The second-order valence-electron chi connectivity index (χ2n) is 12.7.